The Morgan fingerprint density at radius 2 is 1.97 bits per heavy atom. The number of anilines is 1. The molecular weight excluding hydrogens is 487 g/mol. The number of halogens is 1. The number of hydrogen-bond acceptors (Lipinski definition) is 7. The number of carbonyl (C=O) groups is 2. The Hall–Kier alpha value is -4.77. The van der Waals surface area contributed by atoms with E-state index in [9.17, 15) is 9.59 Å². The van der Waals surface area contributed by atoms with Crippen LogP contribution in [0.5, 0.6) is 0 Å². The number of carbonyl (C=O) groups excluding carboxylic acids is 2. The molecule has 2 amide bonds. The average Bonchev–Trinajstić information content (AvgIpc) is 3.38. The molecule has 3 aromatic heterocycles. The molecular formula is C27H23FN8O2. The predicted octanol–water partition coefficient (Wildman–Crippen LogP) is 3.00. The molecule has 3 N–H and O–H groups in total. The maximum atomic E-state index is 15.6. The number of nitrogens with one attached hydrogen (secondary N) is 1. The minimum Gasteiger partial charge on any atom is -0.366 e. The maximum absolute atomic E-state index is 15.6. The lowest BCUT2D eigenvalue weighted by atomic mass is 10.0. The van der Waals surface area contributed by atoms with Crippen molar-refractivity contribution in [2.75, 3.05) is 18.0 Å². The highest BCUT2D eigenvalue weighted by Gasteiger charge is 2.31. The number of piperidine rings is 1. The fourth-order valence-electron chi connectivity index (χ4n) is 4.87. The van der Waals surface area contributed by atoms with Crippen LogP contribution < -0.4 is 16.0 Å². The molecule has 1 saturated heterocycles. The number of aromatic nitrogens is 5. The smallest absolute Gasteiger partial charge is 0.262 e. The number of nitrogens with zero attached hydrogens (tertiary/aromatic N) is 6. The number of rotatable bonds is 5. The van der Waals surface area contributed by atoms with Crippen LogP contribution in [0.1, 0.15) is 33.6 Å². The first-order valence-electron chi connectivity index (χ1n) is 12.2. The molecule has 190 valence electrons. The quantitative estimate of drug-likeness (QED) is 0.371. The minimum absolute atomic E-state index is 0.0933. The molecule has 0 radical (unpaired) electrons. The summed E-state index contributed by atoms with van der Waals surface area (Å²) >= 11 is 0. The zero-order chi connectivity index (χ0) is 26.2. The molecule has 1 aliphatic rings. The van der Waals surface area contributed by atoms with Crippen molar-refractivity contribution < 1.29 is 14.0 Å². The van der Waals surface area contributed by atoms with E-state index >= 15 is 4.39 Å². The Balaban J connectivity index is 1.43. The lowest BCUT2D eigenvalue weighted by Gasteiger charge is -2.34. The monoisotopic (exact) mass is 510 g/mol. The fourth-order valence-corrected chi connectivity index (χ4v) is 4.87. The maximum Gasteiger partial charge on any atom is 0.262 e. The van der Waals surface area contributed by atoms with E-state index in [1.807, 2.05) is 0 Å². The number of primary amides is 1. The molecule has 0 saturated carbocycles. The summed E-state index contributed by atoms with van der Waals surface area (Å²) in [7, 11) is 0. The molecule has 1 fully saturated rings. The highest BCUT2D eigenvalue weighted by molar-refractivity contribution is 6.11. The van der Waals surface area contributed by atoms with Gasteiger partial charge in [-0.1, -0.05) is 5.21 Å². The van der Waals surface area contributed by atoms with Crippen molar-refractivity contribution in [3.05, 3.63) is 83.9 Å². The van der Waals surface area contributed by atoms with E-state index in [0.29, 0.717) is 45.5 Å². The van der Waals surface area contributed by atoms with Gasteiger partial charge in [0.15, 0.2) is 5.65 Å². The van der Waals surface area contributed by atoms with Crippen molar-refractivity contribution >= 4 is 39.6 Å². The summed E-state index contributed by atoms with van der Waals surface area (Å²) in [5.41, 5.74) is 7.17. The fraction of sp³-hybridized carbons (Fsp3) is 0.185. The standard InChI is InChI=1S/C27H23FN8O2/c28-22-14-18(36-26-23(33-34-36)4-2-11-31-26)6-8-21(22)27(38)35(19-3-1-10-30-15-19)25-20-7-5-17(24(29)37)13-16(20)9-12-32-25/h2,4-9,11-14,19,30H,1,3,10,15H2,(H2,29,37)/t19-/m1/s1. The molecule has 38 heavy (non-hydrogen) atoms. The summed E-state index contributed by atoms with van der Waals surface area (Å²) in [5.74, 6) is -1.36. The molecule has 0 aliphatic carbocycles. The van der Waals surface area contributed by atoms with E-state index in [1.165, 1.54) is 16.8 Å². The largest absolute Gasteiger partial charge is 0.366 e. The Kier molecular flexibility index (Phi) is 5.97. The van der Waals surface area contributed by atoms with Crippen LogP contribution in [0.3, 0.4) is 0 Å². The van der Waals surface area contributed by atoms with Gasteiger partial charge in [0.1, 0.15) is 17.2 Å². The molecule has 1 aliphatic heterocycles. The molecule has 2 aromatic carbocycles. The summed E-state index contributed by atoms with van der Waals surface area (Å²) in [6.07, 6.45) is 4.77. The van der Waals surface area contributed by atoms with E-state index in [4.69, 9.17) is 5.73 Å². The summed E-state index contributed by atoms with van der Waals surface area (Å²) in [5, 5.41) is 12.8. The van der Waals surface area contributed by atoms with Crippen molar-refractivity contribution in [1.82, 2.24) is 30.3 Å². The first-order chi connectivity index (χ1) is 18.5. The zero-order valence-corrected chi connectivity index (χ0v) is 20.2. The number of amides is 2. The average molecular weight is 511 g/mol. The van der Waals surface area contributed by atoms with E-state index in [1.54, 1.807) is 59.8 Å². The van der Waals surface area contributed by atoms with Crippen LogP contribution in [0, 0.1) is 5.82 Å². The van der Waals surface area contributed by atoms with Crippen molar-refractivity contribution in [3.8, 4) is 5.69 Å². The van der Waals surface area contributed by atoms with Crippen molar-refractivity contribution in [2.24, 2.45) is 5.73 Å². The van der Waals surface area contributed by atoms with Gasteiger partial charge < -0.3 is 11.1 Å². The first-order valence-corrected chi connectivity index (χ1v) is 12.2. The normalized spacial score (nSPS) is 15.6. The van der Waals surface area contributed by atoms with Crippen LogP contribution >= 0.6 is 0 Å². The third kappa shape index (κ3) is 4.12. The van der Waals surface area contributed by atoms with Gasteiger partial charge in [-0.3, -0.25) is 14.5 Å². The number of fused-ring (bicyclic) bond motifs is 2. The van der Waals surface area contributed by atoms with Gasteiger partial charge in [0, 0.05) is 36.0 Å². The van der Waals surface area contributed by atoms with Crippen LogP contribution in [0.15, 0.2) is 67.0 Å². The van der Waals surface area contributed by atoms with Crippen molar-refractivity contribution in [3.63, 3.8) is 0 Å². The molecule has 4 heterocycles. The van der Waals surface area contributed by atoms with Gasteiger partial charge in [0.2, 0.25) is 5.91 Å². The van der Waals surface area contributed by atoms with Crippen LogP contribution in [-0.4, -0.2) is 55.9 Å². The van der Waals surface area contributed by atoms with E-state index in [2.05, 4.69) is 25.6 Å². The number of hydrogen-bond donors (Lipinski definition) is 2. The summed E-state index contributed by atoms with van der Waals surface area (Å²) in [6.45, 7) is 1.38. The van der Waals surface area contributed by atoms with Gasteiger partial charge in [-0.15, -0.1) is 5.10 Å². The molecule has 1 atom stereocenters. The topological polar surface area (TPSA) is 132 Å². The third-order valence-corrected chi connectivity index (χ3v) is 6.75. The van der Waals surface area contributed by atoms with Gasteiger partial charge in [-0.2, -0.15) is 4.68 Å². The lowest BCUT2D eigenvalue weighted by molar-refractivity contribution is 0.0965. The second-order valence-electron chi connectivity index (χ2n) is 9.12. The third-order valence-electron chi connectivity index (χ3n) is 6.75. The molecule has 0 bridgehead atoms. The molecule has 11 heteroatoms. The number of benzene rings is 2. The molecule has 0 unspecified atom stereocenters. The zero-order valence-electron chi connectivity index (χ0n) is 20.2. The Morgan fingerprint density at radius 1 is 1.08 bits per heavy atom. The second kappa shape index (κ2) is 9.60. The van der Waals surface area contributed by atoms with Gasteiger partial charge >= 0.3 is 0 Å². The molecule has 10 nitrogen and oxygen atoms in total. The molecule has 6 rings (SSSR count). The minimum atomic E-state index is -0.697. The predicted molar refractivity (Wildman–Crippen MR) is 140 cm³/mol. The summed E-state index contributed by atoms with van der Waals surface area (Å²) in [4.78, 5) is 36.1. The Labute approximate surface area is 216 Å². The first kappa shape index (κ1) is 23.6. The van der Waals surface area contributed by atoms with Crippen LogP contribution in [0.25, 0.3) is 27.6 Å². The van der Waals surface area contributed by atoms with Crippen molar-refractivity contribution in [1.29, 1.82) is 0 Å². The van der Waals surface area contributed by atoms with Crippen LogP contribution in [0.2, 0.25) is 0 Å². The van der Waals surface area contributed by atoms with E-state index in [0.717, 1.165) is 19.4 Å². The Morgan fingerprint density at radius 3 is 2.76 bits per heavy atom. The van der Waals surface area contributed by atoms with Crippen LogP contribution in [-0.2, 0) is 0 Å². The number of pyridine rings is 2. The van der Waals surface area contributed by atoms with E-state index in [-0.39, 0.29) is 11.6 Å². The van der Waals surface area contributed by atoms with Crippen LogP contribution in [0.4, 0.5) is 10.2 Å². The summed E-state index contributed by atoms with van der Waals surface area (Å²) in [6, 6.07) is 14.3. The number of nitrogens with two attached hydrogens (primary N) is 1. The highest BCUT2D eigenvalue weighted by Crippen LogP contribution is 2.30. The van der Waals surface area contributed by atoms with Gasteiger partial charge in [0.25, 0.3) is 5.91 Å². The van der Waals surface area contributed by atoms with Crippen molar-refractivity contribution in [2.45, 2.75) is 18.9 Å². The SMILES string of the molecule is NC(=O)c1ccc2c(N(C(=O)c3ccc(-n4nnc5cccnc54)cc3F)[C@@H]3CCCNC3)nccc2c1. The molecule has 0 spiro atoms. The molecule has 5 aromatic rings. The van der Waals surface area contributed by atoms with E-state index < -0.39 is 17.6 Å². The second-order valence-corrected chi connectivity index (χ2v) is 9.12. The van der Waals surface area contributed by atoms with Gasteiger partial charge in [-0.25, -0.2) is 14.4 Å². The highest BCUT2D eigenvalue weighted by atomic mass is 19.1. The Bertz CT molecular complexity index is 1700. The van der Waals surface area contributed by atoms with Gasteiger partial charge in [0.05, 0.1) is 17.3 Å². The lowest BCUT2D eigenvalue weighted by Crippen LogP contribution is -2.49. The summed E-state index contributed by atoms with van der Waals surface area (Å²) < 4.78 is 17.0. The van der Waals surface area contributed by atoms with Gasteiger partial charge in [-0.05, 0) is 73.3 Å².